The van der Waals surface area contributed by atoms with Gasteiger partial charge in [-0.3, -0.25) is 0 Å². The molecular weight excluding hydrogens is 255 g/mol. The smallest absolute Gasteiger partial charge is 0.416 e. The maximum absolute atomic E-state index is 12.8. The minimum Gasteiger partial charge on any atom is -0.497 e. The van der Waals surface area contributed by atoms with Gasteiger partial charge in [0.15, 0.2) is 0 Å². The first-order valence-corrected chi connectivity index (χ1v) is 6.44. The first-order chi connectivity index (χ1) is 8.99. The van der Waals surface area contributed by atoms with Crippen molar-refractivity contribution in [1.82, 2.24) is 5.32 Å². The van der Waals surface area contributed by atoms with Crippen molar-refractivity contribution < 1.29 is 17.9 Å². The van der Waals surface area contributed by atoms with Crippen molar-refractivity contribution >= 4 is 0 Å². The third kappa shape index (κ3) is 5.11. The van der Waals surface area contributed by atoms with Crippen molar-refractivity contribution in [2.45, 2.75) is 38.9 Å². The molecule has 0 spiro atoms. The van der Waals surface area contributed by atoms with E-state index in [9.17, 15) is 13.2 Å². The number of unbranched alkanes of at least 4 members (excludes halogenated alkanes) is 2. The molecule has 0 aromatic heterocycles. The van der Waals surface area contributed by atoms with E-state index in [-0.39, 0.29) is 12.1 Å². The number of rotatable bonds is 7. The van der Waals surface area contributed by atoms with Crippen LogP contribution in [0.3, 0.4) is 0 Å². The SMILES string of the molecule is CCCCCNCc1cc(OC)ccc1C(F)(F)F. The Hall–Kier alpha value is -1.23. The van der Waals surface area contributed by atoms with Crippen LogP contribution in [0.4, 0.5) is 13.2 Å². The number of alkyl halides is 3. The number of ether oxygens (including phenoxy) is 1. The molecule has 0 saturated carbocycles. The molecule has 1 rings (SSSR count). The fraction of sp³-hybridized carbons (Fsp3) is 0.571. The van der Waals surface area contributed by atoms with Crippen LogP contribution in [0.1, 0.15) is 37.3 Å². The fourth-order valence-corrected chi connectivity index (χ4v) is 1.84. The van der Waals surface area contributed by atoms with Gasteiger partial charge in [0.25, 0.3) is 0 Å². The minimum atomic E-state index is -4.33. The van der Waals surface area contributed by atoms with Crippen LogP contribution in [0.25, 0.3) is 0 Å². The van der Waals surface area contributed by atoms with Gasteiger partial charge in [0.2, 0.25) is 0 Å². The summed E-state index contributed by atoms with van der Waals surface area (Å²) >= 11 is 0. The largest absolute Gasteiger partial charge is 0.497 e. The Labute approximate surface area is 112 Å². The monoisotopic (exact) mass is 275 g/mol. The highest BCUT2D eigenvalue weighted by atomic mass is 19.4. The molecule has 19 heavy (non-hydrogen) atoms. The van der Waals surface area contributed by atoms with Crippen LogP contribution >= 0.6 is 0 Å². The highest BCUT2D eigenvalue weighted by Gasteiger charge is 2.33. The van der Waals surface area contributed by atoms with Crippen LogP contribution in [0, 0.1) is 0 Å². The Morgan fingerprint density at radius 3 is 2.53 bits per heavy atom. The third-order valence-electron chi connectivity index (χ3n) is 2.89. The summed E-state index contributed by atoms with van der Waals surface area (Å²) in [5.74, 6) is 0.443. The highest BCUT2D eigenvalue weighted by Crippen LogP contribution is 2.33. The molecule has 0 aliphatic rings. The summed E-state index contributed by atoms with van der Waals surface area (Å²) in [7, 11) is 1.45. The second kappa shape index (κ2) is 7.38. The second-order valence-electron chi connectivity index (χ2n) is 4.40. The highest BCUT2D eigenvalue weighted by molar-refractivity contribution is 5.37. The fourth-order valence-electron chi connectivity index (χ4n) is 1.84. The van der Waals surface area contributed by atoms with Crippen molar-refractivity contribution in [2.75, 3.05) is 13.7 Å². The van der Waals surface area contributed by atoms with Crippen molar-refractivity contribution in [3.05, 3.63) is 29.3 Å². The first kappa shape index (κ1) is 15.8. The molecule has 1 aromatic carbocycles. The molecule has 0 unspecified atom stereocenters. The molecule has 0 bridgehead atoms. The first-order valence-electron chi connectivity index (χ1n) is 6.44. The molecule has 0 aliphatic carbocycles. The van der Waals surface area contributed by atoms with Crippen LogP contribution in [-0.4, -0.2) is 13.7 Å². The van der Waals surface area contributed by atoms with E-state index in [0.717, 1.165) is 31.9 Å². The van der Waals surface area contributed by atoms with Gasteiger partial charge in [0.1, 0.15) is 5.75 Å². The predicted molar refractivity (Wildman–Crippen MR) is 69.2 cm³/mol. The van der Waals surface area contributed by atoms with Crippen molar-refractivity contribution in [1.29, 1.82) is 0 Å². The standard InChI is InChI=1S/C14H20F3NO/c1-3-4-5-8-18-10-11-9-12(19-2)6-7-13(11)14(15,16)17/h6-7,9,18H,3-5,8,10H2,1-2H3. The number of hydrogen-bond acceptors (Lipinski definition) is 2. The maximum atomic E-state index is 12.8. The van der Waals surface area contributed by atoms with Gasteiger partial charge in [0.05, 0.1) is 12.7 Å². The van der Waals surface area contributed by atoms with Gasteiger partial charge in [-0.2, -0.15) is 13.2 Å². The summed E-state index contributed by atoms with van der Waals surface area (Å²) in [5.41, 5.74) is -0.375. The molecule has 0 amide bonds. The van der Waals surface area contributed by atoms with Crippen LogP contribution in [-0.2, 0) is 12.7 Å². The van der Waals surface area contributed by atoms with Gasteiger partial charge in [-0.05, 0) is 36.7 Å². The molecular formula is C14H20F3NO. The van der Waals surface area contributed by atoms with Gasteiger partial charge in [-0.1, -0.05) is 19.8 Å². The Kier molecular flexibility index (Phi) is 6.15. The van der Waals surface area contributed by atoms with E-state index >= 15 is 0 Å². The second-order valence-corrected chi connectivity index (χ2v) is 4.40. The Morgan fingerprint density at radius 2 is 1.95 bits per heavy atom. The Balaban J connectivity index is 2.72. The predicted octanol–water partition coefficient (Wildman–Crippen LogP) is 3.99. The summed E-state index contributed by atoms with van der Waals surface area (Å²) < 4.78 is 43.5. The molecule has 108 valence electrons. The molecule has 0 aliphatic heterocycles. The maximum Gasteiger partial charge on any atom is 0.416 e. The van der Waals surface area contributed by atoms with Crippen LogP contribution in [0.15, 0.2) is 18.2 Å². The van der Waals surface area contributed by atoms with E-state index < -0.39 is 11.7 Å². The number of nitrogens with one attached hydrogen (secondary N) is 1. The van der Waals surface area contributed by atoms with Gasteiger partial charge in [-0.15, -0.1) is 0 Å². The van der Waals surface area contributed by atoms with Crippen molar-refractivity contribution in [2.24, 2.45) is 0 Å². The number of methoxy groups -OCH3 is 1. The van der Waals surface area contributed by atoms with E-state index in [2.05, 4.69) is 12.2 Å². The summed E-state index contributed by atoms with van der Waals surface area (Å²) in [6.07, 6.45) is -1.18. The minimum absolute atomic E-state index is 0.204. The summed E-state index contributed by atoms with van der Waals surface area (Å²) in [6, 6.07) is 3.85. The summed E-state index contributed by atoms with van der Waals surface area (Å²) in [4.78, 5) is 0. The van der Waals surface area contributed by atoms with E-state index in [4.69, 9.17) is 4.74 Å². The third-order valence-corrected chi connectivity index (χ3v) is 2.89. The quantitative estimate of drug-likeness (QED) is 0.760. The van der Waals surface area contributed by atoms with Gasteiger partial charge in [-0.25, -0.2) is 0 Å². The zero-order valence-electron chi connectivity index (χ0n) is 11.3. The lowest BCUT2D eigenvalue weighted by atomic mass is 10.1. The van der Waals surface area contributed by atoms with Gasteiger partial charge < -0.3 is 10.1 Å². The number of halogens is 3. The summed E-state index contributed by atoms with van der Waals surface area (Å²) in [6.45, 7) is 3.02. The van der Waals surface area contributed by atoms with Gasteiger partial charge >= 0.3 is 6.18 Å². The Bertz CT molecular complexity index is 391. The van der Waals surface area contributed by atoms with Gasteiger partial charge in [0, 0.05) is 6.54 Å². The molecule has 2 nitrogen and oxygen atoms in total. The molecule has 1 N–H and O–H groups in total. The average molecular weight is 275 g/mol. The molecule has 5 heteroatoms. The molecule has 0 radical (unpaired) electrons. The lowest BCUT2D eigenvalue weighted by molar-refractivity contribution is -0.138. The van der Waals surface area contributed by atoms with E-state index in [1.54, 1.807) is 0 Å². The zero-order chi connectivity index (χ0) is 14.3. The van der Waals surface area contributed by atoms with E-state index in [0.29, 0.717) is 5.75 Å². The van der Waals surface area contributed by atoms with Crippen molar-refractivity contribution in [3.63, 3.8) is 0 Å². The normalized spacial score (nSPS) is 11.6. The lowest BCUT2D eigenvalue weighted by Gasteiger charge is -2.14. The average Bonchev–Trinajstić information content (AvgIpc) is 2.37. The molecule has 0 atom stereocenters. The molecule has 0 heterocycles. The molecule has 0 saturated heterocycles. The van der Waals surface area contributed by atoms with Crippen molar-refractivity contribution in [3.8, 4) is 5.75 Å². The zero-order valence-corrected chi connectivity index (χ0v) is 11.3. The lowest BCUT2D eigenvalue weighted by Crippen LogP contribution is -2.18. The van der Waals surface area contributed by atoms with E-state index in [1.807, 2.05) is 0 Å². The number of benzene rings is 1. The van der Waals surface area contributed by atoms with E-state index in [1.165, 1.54) is 19.2 Å². The molecule has 0 fully saturated rings. The Morgan fingerprint density at radius 1 is 1.21 bits per heavy atom. The van der Waals surface area contributed by atoms with Crippen LogP contribution in [0.2, 0.25) is 0 Å². The number of hydrogen-bond donors (Lipinski definition) is 1. The van der Waals surface area contributed by atoms with Crippen LogP contribution < -0.4 is 10.1 Å². The summed E-state index contributed by atoms with van der Waals surface area (Å²) in [5, 5.41) is 3.04. The molecule has 1 aromatic rings. The topological polar surface area (TPSA) is 21.3 Å². The van der Waals surface area contributed by atoms with Crippen LogP contribution in [0.5, 0.6) is 5.75 Å².